The minimum Gasteiger partial charge on any atom is -0.508 e. The molecule has 1 aromatic heterocycles. The van der Waals surface area contributed by atoms with Gasteiger partial charge in [-0.1, -0.05) is 0 Å². The Kier molecular flexibility index (Phi) is 4.98. The highest BCUT2D eigenvalue weighted by Gasteiger charge is 2.26. The Morgan fingerprint density at radius 2 is 1.76 bits per heavy atom. The fourth-order valence-corrected chi connectivity index (χ4v) is 3.11. The first-order valence-corrected chi connectivity index (χ1v) is 8.60. The second-order valence-electron chi connectivity index (χ2n) is 5.88. The van der Waals surface area contributed by atoms with Gasteiger partial charge in [-0.2, -0.15) is 0 Å². The molecule has 1 aliphatic rings. The lowest BCUT2D eigenvalue weighted by Gasteiger charge is -2.31. The minimum atomic E-state index is -0.369. The molecular formula is C17H17BrN2O5. The highest BCUT2D eigenvalue weighted by atomic mass is 79.9. The molecule has 25 heavy (non-hydrogen) atoms. The van der Waals surface area contributed by atoms with Gasteiger partial charge in [0.05, 0.1) is 0 Å². The third-order valence-corrected chi connectivity index (χ3v) is 4.49. The van der Waals surface area contributed by atoms with E-state index in [9.17, 15) is 19.8 Å². The average molecular weight is 409 g/mol. The Hall–Kier alpha value is -2.48. The number of piperidine rings is 1. The molecule has 0 radical (unpaired) electrons. The number of likely N-dealkylation sites (tertiary alicyclic amines) is 1. The third-order valence-electron chi connectivity index (χ3n) is 4.07. The van der Waals surface area contributed by atoms with Gasteiger partial charge in [-0.05, 0) is 53.0 Å². The highest BCUT2D eigenvalue weighted by Crippen LogP contribution is 2.22. The van der Waals surface area contributed by atoms with Crippen LogP contribution in [-0.2, 0) is 0 Å². The number of phenolic OH excluding ortho intramolecular Hbond substituents is 2. The first-order chi connectivity index (χ1) is 11.9. The molecule has 7 nitrogen and oxygen atoms in total. The molecule has 0 unspecified atom stereocenters. The molecule has 3 N–H and O–H groups in total. The number of rotatable bonds is 3. The molecule has 1 saturated heterocycles. The number of hydrogen-bond acceptors (Lipinski definition) is 5. The summed E-state index contributed by atoms with van der Waals surface area (Å²) in [6.07, 6.45) is 1.23. The molecule has 0 atom stereocenters. The van der Waals surface area contributed by atoms with Crippen molar-refractivity contribution in [2.45, 2.75) is 18.9 Å². The normalized spacial score (nSPS) is 15.2. The fourth-order valence-electron chi connectivity index (χ4n) is 2.81. The topological polar surface area (TPSA) is 103 Å². The lowest BCUT2D eigenvalue weighted by atomic mass is 10.0. The molecule has 0 saturated carbocycles. The summed E-state index contributed by atoms with van der Waals surface area (Å²) in [5.74, 6) is -0.603. The molecule has 0 aliphatic carbocycles. The summed E-state index contributed by atoms with van der Waals surface area (Å²) < 4.78 is 5.79. The summed E-state index contributed by atoms with van der Waals surface area (Å²) in [6.45, 7) is 1.01. The number of hydrogen-bond donors (Lipinski definition) is 3. The molecular weight excluding hydrogens is 392 g/mol. The maximum Gasteiger partial charge on any atom is 0.289 e. The number of nitrogens with zero attached hydrogens (tertiary/aromatic N) is 1. The van der Waals surface area contributed by atoms with Crippen LogP contribution >= 0.6 is 15.9 Å². The van der Waals surface area contributed by atoms with Crippen molar-refractivity contribution < 1.29 is 24.2 Å². The molecule has 2 amide bonds. The zero-order valence-electron chi connectivity index (χ0n) is 13.2. The van der Waals surface area contributed by atoms with Gasteiger partial charge < -0.3 is 24.8 Å². The smallest absolute Gasteiger partial charge is 0.289 e. The van der Waals surface area contributed by atoms with Crippen LogP contribution in [0.1, 0.15) is 33.8 Å². The quantitative estimate of drug-likeness (QED) is 0.723. The molecule has 3 rings (SSSR count). The van der Waals surface area contributed by atoms with Gasteiger partial charge in [-0.25, -0.2) is 0 Å². The van der Waals surface area contributed by atoms with Crippen LogP contribution in [0.25, 0.3) is 0 Å². The van der Waals surface area contributed by atoms with Gasteiger partial charge in [0, 0.05) is 30.8 Å². The number of furan rings is 1. The van der Waals surface area contributed by atoms with Crippen molar-refractivity contribution >= 4 is 27.7 Å². The zero-order valence-corrected chi connectivity index (χ0v) is 14.8. The van der Waals surface area contributed by atoms with Gasteiger partial charge in [0.2, 0.25) is 0 Å². The van der Waals surface area contributed by atoms with E-state index >= 15 is 0 Å². The number of benzene rings is 1. The van der Waals surface area contributed by atoms with Gasteiger partial charge in [0.25, 0.3) is 11.8 Å². The van der Waals surface area contributed by atoms with E-state index in [4.69, 9.17) is 4.42 Å². The lowest BCUT2D eigenvalue weighted by molar-refractivity contribution is 0.0666. The standard InChI is InChI=1S/C17H17BrN2O5/c18-15-2-1-14(25-15)17(24)20-5-3-11(4-6-20)19-16(23)10-7-12(21)9-13(22)8-10/h1-2,7-9,11,21-22H,3-6H2,(H,19,23). The summed E-state index contributed by atoms with van der Waals surface area (Å²) in [7, 11) is 0. The van der Waals surface area contributed by atoms with Crippen LogP contribution in [0.4, 0.5) is 0 Å². The number of carbonyl (C=O) groups is 2. The van der Waals surface area contributed by atoms with E-state index in [1.165, 1.54) is 12.1 Å². The van der Waals surface area contributed by atoms with Gasteiger partial charge in [0.15, 0.2) is 10.4 Å². The maximum atomic E-state index is 12.3. The SMILES string of the molecule is O=C(NC1CCN(C(=O)c2ccc(Br)o2)CC1)c1cc(O)cc(O)c1. The Bertz CT molecular complexity index is 776. The number of phenols is 2. The van der Waals surface area contributed by atoms with Crippen molar-refractivity contribution in [2.24, 2.45) is 0 Å². The van der Waals surface area contributed by atoms with E-state index in [0.29, 0.717) is 30.6 Å². The van der Waals surface area contributed by atoms with Crippen LogP contribution in [0, 0.1) is 0 Å². The van der Waals surface area contributed by atoms with Crippen molar-refractivity contribution in [3.8, 4) is 11.5 Å². The van der Waals surface area contributed by atoms with Crippen LogP contribution in [-0.4, -0.2) is 46.1 Å². The van der Waals surface area contributed by atoms with E-state index in [1.807, 2.05) is 0 Å². The van der Waals surface area contributed by atoms with Gasteiger partial charge in [-0.3, -0.25) is 9.59 Å². The zero-order chi connectivity index (χ0) is 18.0. The summed E-state index contributed by atoms with van der Waals surface area (Å²) >= 11 is 3.17. The predicted octanol–water partition coefficient (Wildman–Crippen LogP) is 2.49. The third kappa shape index (κ3) is 4.14. The Morgan fingerprint density at radius 1 is 1.12 bits per heavy atom. The van der Waals surface area contributed by atoms with Crippen molar-refractivity contribution in [1.29, 1.82) is 0 Å². The van der Waals surface area contributed by atoms with Crippen LogP contribution in [0.15, 0.2) is 39.4 Å². The molecule has 132 valence electrons. The van der Waals surface area contributed by atoms with Crippen molar-refractivity contribution in [2.75, 3.05) is 13.1 Å². The second-order valence-corrected chi connectivity index (χ2v) is 6.66. The summed E-state index contributed by atoms with van der Waals surface area (Å²) in [5, 5.41) is 21.8. The monoisotopic (exact) mass is 408 g/mol. The van der Waals surface area contributed by atoms with E-state index in [2.05, 4.69) is 21.2 Å². The van der Waals surface area contributed by atoms with Gasteiger partial charge >= 0.3 is 0 Å². The second kappa shape index (κ2) is 7.18. The molecule has 0 spiro atoms. The van der Waals surface area contributed by atoms with Crippen molar-refractivity contribution in [1.82, 2.24) is 10.2 Å². The molecule has 1 aliphatic heterocycles. The maximum absolute atomic E-state index is 12.3. The van der Waals surface area contributed by atoms with Crippen molar-refractivity contribution in [3.05, 3.63) is 46.3 Å². The van der Waals surface area contributed by atoms with Crippen molar-refractivity contribution in [3.63, 3.8) is 0 Å². The molecule has 1 aromatic carbocycles. The van der Waals surface area contributed by atoms with E-state index in [-0.39, 0.29) is 40.7 Å². The van der Waals surface area contributed by atoms with E-state index < -0.39 is 0 Å². The molecule has 1 fully saturated rings. The van der Waals surface area contributed by atoms with Crippen LogP contribution < -0.4 is 5.32 Å². The lowest BCUT2D eigenvalue weighted by Crippen LogP contribution is -2.46. The first-order valence-electron chi connectivity index (χ1n) is 7.81. The minimum absolute atomic E-state index is 0.0793. The van der Waals surface area contributed by atoms with Gasteiger partial charge in [0.1, 0.15) is 11.5 Å². The van der Waals surface area contributed by atoms with E-state index in [1.54, 1.807) is 17.0 Å². The van der Waals surface area contributed by atoms with Crippen LogP contribution in [0.3, 0.4) is 0 Å². The number of nitrogens with one attached hydrogen (secondary N) is 1. The molecule has 0 bridgehead atoms. The highest BCUT2D eigenvalue weighted by molar-refractivity contribution is 9.10. The summed E-state index contributed by atoms with van der Waals surface area (Å²) in [5.41, 5.74) is 0.191. The summed E-state index contributed by atoms with van der Waals surface area (Å²) in [4.78, 5) is 26.2. The number of aromatic hydroxyl groups is 2. The van der Waals surface area contributed by atoms with Crippen LogP contribution in [0.2, 0.25) is 0 Å². The molecule has 2 heterocycles. The summed E-state index contributed by atoms with van der Waals surface area (Å²) in [6, 6.07) is 6.96. The molecule has 2 aromatic rings. The Balaban J connectivity index is 1.55. The first kappa shape index (κ1) is 17.3. The average Bonchev–Trinajstić information content (AvgIpc) is 3.00. The fraction of sp³-hybridized carbons (Fsp3) is 0.294. The number of amides is 2. The largest absolute Gasteiger partial charge is 0.508 e. The molecule has 8 heteroatoms. The number of halogens is 1. The number of carbonyl (C=O) groups excluding carboxylic acids is 2. The Morgan fingerprint density at radius 3 is 2.32 bits per heavy atom. The predicted molar refractivity (Wildman–Crippen MR) is 92.6 cm³/mol. The van der Waals surface area contributed by atoms with Gasteiger partial charge in [-0.15, -0.1) is 0 Å². The van der Waals surface area contributed by atoms with E-state index in [0.717, 1.165) is 6.07 Å². The van der Waals surface area contributed by atoms with Crippen LogP contribution in [0.5, 0.6) is 11.5 Å². The Labute approximate surface area is 152 Å².